The van der Waals surface area contributed by atoms with Crippen LogP contribution in [0.15, 0.2) is 18.3 Å². The molecule has 1 atom stereocenters. The molecule has 1 aromatic heterocycles. The molecule has 0 saturated carbocycles. The fraction of sp³-hybridized carbons (Fsp3) is 0.462. The van der Waals surface area contributed by atoms with Gasteiger partial charge >= 0.3 is 0 Å². The number of rotatable bonds is 3. The third-order valence-corrected chi connectivity index (χ3v) is 3.42. The molecular weight excluding hydrogens is 250 g/mol. The van der Waals surface area contributed by atoms with Crippen LogP contribution in [0, 0.1) is 17.2 Å². The molecule has 94 valence electrons. The van der Waals surface area contributed by atoms with Crippen LogP contribution in [-0.2, 0) is 0 Å². The number of nitriles is 1. The number of alkyl halides is 1. The number of likely N-dealkylation sites (tertiary alicyclic amines) is 1. The van der Waals surface area contributed by atoms with E-state index in [4.69, 9.17) is 16.9 Å². The van der Waals surface area contributed by atoms with E-state index < -0.39 is 0 Å². The summed E-state index contributed by atoms with van der Waals surface area (Å²) in [5.74, 6) is 1.09. The van der Waals surface area contributed by atoms with Crippen molar-refractivity contribution in [1.82, 2.24) is 9.88 Å². The Morgan fingerprint density at radius 3 is 3.06 bits per heavy atom. The molecular formula is C13H14ClN3O. The number of hydrogen-bond acceptors (Lipinski definition) is 3. The number of amides is 1. The van der Waals surface area contributed by atoms with Crippen LogP contribution >= 0.6 is 11.6 Å². The first-order chi connectivity index (χ1) is 8.74. The standard InChI is InChI=1S/C13H14ClN3O/c14-5-3-10-4-6-17(9-10)13(18)12-2-1-11(7-15)8-16-12/h1-2,8,10H,3-6,9H2. The third kappa shape index (κ3) is 2.80. The SMILES string of the molecule is N#Cc1ccc(C(=O)N2CCC(CCCl)C2)nc1. The highest BCUT2D eigenvalue weighted by atomic mass is 35.5. The molecule has 1 fully saturated rings. The minimum Gasteiger partial charge on any atom is -0.337 e. The van der Waals surface area contributed by atoms with Crippen molar-refractivity contribution in [2.24, 2.45) is 5.92 Å². The first kappa shape index (κ1) is 12.8. The summed E-state index contributed by atoms with van der Waals surface area (Å²) >= 11 is 5.71. The van der Waals surface area contributed by atoms with Gasteiger partial charge in [0, 0.05) is 25.2 Å². The van der Waals surface area contributed by atoms with Crippen LogP contribution in [0.2, 0.25) is 0 Å². The van der Waals surface area contributed by atoms with Gasteiger partial charge in [0.2, 0.25) is 0 Å². The second-order valence-electron chi connectivity index (χ2n) is 4.43. The van der Waals surface area contributed by atoms with Crippen molar-refractivity contribution < 1.29 is 4.79 Å². The number of carbonyl (C=O) groups is 1. The second-order valence-corrected chi connectivity index (χ2v) is 4.81. The summed E-state index contributed by atoms with van der Waals surface area (Å²) in [4.78, 5) is 18.0. The van der Waals surface area contributed by atoms with Crippen LogP contribution in [0.3, 0.4) is 0 Å². The normalized spacial score (nSPS) is 18.7. The molecule has 0 aromatic carbocycles. The van der Waals surface area contributed by atoms with Crippen LogP contribution in [0.5, 0.6) is 0 Å². The Hall–Kier alpha value is -1.60. The van der Waals surface area contributed by atoms with Crippen molar-refractivity contribution in [1.29, 1.82) is 5.26 Å². The van der Waals surface area contributed by atoms with Crippen molar-refractivity contribution in [3.63, 3.8) is 0 Å². The monoisotopic (exact) mass is 263 g/mol. The molecule has 0 bridgehead atoms. The van der Waals surface area contributed by atoms with Crippen LogP contribution in [-0.4, -0.2) is 34.8 Å². The zero-order valence-corrected chi connectivity index (χ0v) is 10.7. The first-order valence-electron chi connectivity index (χ1n) is 5.96. The molecule has 1 unspecified atom stereocenters. The highest BCUT2D eigenvalue weighted by Crippen LogP contribution is 2.21. The van der Waals surface area contributed by atoms with Gasteiger partial charge in [-0.25, -0.2) is 4.98 Å². The van der Waals surface area contributed by atoms with Gasteiger partial charge in [-0.05, 0) is 30.9 Å². The molecule has 0 N–H and O–H groups in total. The first-order valence-corrected chi connectivity index (χ1v) is 6.49. The molecule has 0 radical (unpaired) electrons. The predicted octanol–water partition coefficient (Wildman–Crippen LogP) is 2.04. The lowest BCUT2D eigenvalue weighted by molar-refractivity contribution is 0.0781. The Balaban J connectivity index is 2.01. The lowest BCUT2D eigenvalue weighted by Gasteiger charge is -2.15. The minimum absolute atomic E-state index is 0.0587. The maximum absolute atomic E-state index is 12.1. The van der Waals surface area contributed by atoms with Gasteiger partial charge in [0.25, 0.3) is 5.91 Å². The summed E-state index contributed by atoms with van der Waals surface area (Å²) in [5, 5.41) is 8.67. The molecule has 0 spiro atoms. The van der Waals surface area contributed by atoms with Gasteiger partial charge in [0.05, 0.1) is 5.56 Å². The largest absolute Gasteiger partial charge is 0.337 e. The van der Waals surface area contributed by atoms with E-state index in [-0.39, 0.29) is 5.91 Å². The van der Waals surface area contributed by atoms with Gasteiger partial charge in [-0.15, -0.1) is 11.6 Å². The van der Waals surface area contributed by atoms with Crippen LogP contribution < -0.4 is 0 Å². The maximum atomic E-state index is 12.1. The Kier molecular flexibility index (Phi) is 4.16. The maximum Gasteiger partial charge on any atom is 0.272 e. The van der Waals surface area contributed by atoms with E-state index in [0.29, 0.717) is 23.1 Å². The second kappa shape index (κ2) is 5.83. The summed E-state index contributed by atoms with van der Waals surface area (Å²) < 4.78 is 0. The van der Waals surface area contributed by atoms with Crippen molar-refractivity contribution in [3.05, 3.63) is 29.6 Å². The van der Waals surface area contributed by atoms with E-state index in [1.165, 1.54) is 6.20 Å². The fourth-order valence-corrected chi connectivity index (χ4v) is 2.46. The average molecular weight is 264 g/mol. The molecule has 4 nitrogen and oxygen atoms in total. The average Bonchev–Trinajstić information content (AvgIpc) is 2.87. The van der Waals surface area contributed by atoms with Gasteiger partial charge in [-0.1, -0.05) is 0 Å². The lowest BCUT2D eigenvalue weighted by atomic mass is 10.1. The molecule has 18 heavy (non-hydrogen) atoms. The van der Waals surface area contributed by atoms with Gasteiger partial charge < -0.3 is 4.90 Å². The summed E-state index contributed by atoms with van der Waals surface area (Å²) in [6, 6.07) is 5.21. The van der Waals surface area contributed by atoms with Crippen LogP contribution in [0.25, 0.3) is 0 Å². The number of hydrogen-bond donors (Lipinski definition) is 0. The smallest absolute Gasteiger partial charge is 0.272 e. The van der Waals surface area contributed by atoms with E-state index in [0.717, 1.165) is 25.9 Å². The molecule has 2 heterocycles. The molecule has 1 aliphatic heterocycles. The van der Waals surface area contributed by atoms with Crippen LogP contribution in [0.1, 0.15) is 28.9 Å². The minimum atomic E-state index is -0.0587. The van der Waals surface area contributed by atoms with Crippen molar-refractivity contribution in [2.75, 3.05) is 19.0 Å². The number of nitrogens with zero attached hydrogens (tertiary/aromatic N) is 3. The quantitative estimate of drug-likeness (QED) is 0.784. The molecule has 5 heteroatoms. The predicted molar refractivity (Wildman–Crippen MR) is 68.3 cm³/mol. The van der Waals surface area contributed by atoms with E-state index in [1.54, 1.807) is 12.1 Å². The van der Waals surface area contributed by atoms with E-state index >= 15 is 0 Å². The lowest BCUT2D eigenvalue weighted by Crippen LogP contribution is -2.29. The number of aromatic nitrogens is 1. The number of carbonyl (C=O) groups excluding carboxylic acids is 1. The highest BCUT2D eigenvalue weighted by molar-refractivity contribution is 6.17. The van der Waals surface area contributed by atoms with Crippen LogP contribution in [0.4, 0.5) is 0 Å². The number of halogens is 1. The third-order valence-electron chi connectivity index (χ3n) is 3.20. The van der Waals surface area contributed by atoms with Crippen molar-refractivity contribution >= 4 is 17.5 Å². The Labute approximate surface area is 111 Å². The fourth-order valence-electron chi connectivity index (χ4n) is 2.16. The Bertz CT molecular complexity index is 466. The Morgan fingerprint density at radius 1 is 1.61 bits per heavy atom. The molecule has 1 amide bonds. The summed E-state index contributed by atoms with van der Waals surface area (Å²) in [6.45, 7) is 1.52. The van der Waals surface area contributed by atoms with Gasteiger partial charge in [-0.3, -0.25) is 4.79 Å². The van der Waals surface area contributed by atoms with Gasteiger partial charge in [0.15, 0.2) is 0 Å². The van der Waals surface area contributed by atoms with E-state index in [1.807, 2.05) is 11.0 Å². The molecule has 1 aliphatic rings. The van der Waals surface area contributed by atoms with Gasteiger partial charge in [-0.2, -0.15) is 5.26 Å². The summed E-state index contributed by atoms with van der Waals surface area (Å²) in [7, 11) is 0. The summed E-state index contributed by atoms with van der Waals surface area (Å²) in [6.07, 6.45) is 3.39. The molecule has 1 aromatic rings. The Morgan fingerprint density at radius 2 is 2.44 bits per heavy atom. The van der Waals surface area contributed by atoms with Crippen molar-refractivity contribution in [3.8, 4) is 6.07 Å². The topological polar surface area (TPSA) is 57.0 Å². The van der Waals surface area contributed by atoms with E-state index in [9.17, 15) is 4.79 Å². The molecule has 1 saturated heterocycles. The van der Waals surface area contributed by atoms with Crippen molar-refractivity contribution in [2.45, 2.75) is 12.8 Å². The number of pyridine rings is 1. The molecule has 2 rings (SSSR count). The summed E-state index contributed by atoms with van der Waals surface area (Å²) in [5.41, 5.74) is 0.869. The molecule has 0 aliphatic carbocycles. The highest BCUT2D eigenvalue weighted by Gasteiger charge is 2.26. The zero-order chi connectivity index (χ0) is 13.0. The van der Waals surface area contributed by atoms with E-state index in [2.05, 4.69) is 4.98 Å². The zero-order valence-electron chi connectivity index (χ0n) is 9.97. The van der Waals surface area contributed by atoms with Gasteiger partial charge in [0.1, 0.15) is 11.8 Å².